The molecule has 2 aromatic heterocycles. The average molecular weight is 409 g/mol. The first kappa shape index (κ1) is 16.7. The summed E-state index contributed by atoms with van der Waals surface area (Å²) in [5, 5.41) is 5.11. The largest absolute Gasteiger partial charge is 0.294 e. The van der Waals surface area contributed by atoms with E-state index in [1.54, 1.807) is 10.9 Å². The molecule has 0 bridgehead atoms. The first-order valence-electron chi connectivity index (χ1n) is 8.28. The fourth-order valence-electron chi connectivity index (χ4n) is 3.07. The maximum atomic E-state index is 12.7. The van der Waals surface area contributed by atoms with E-state index in [1.807, 2.05) is 67.1 Å². The number of benzene rings is 2. The van der Waals surface area contributed by atoms with Crippen molar-refractivity contribution < 1.29 is 0 Å². The standard InChI is InChI=1S/C20H17BrN4O/c1-13-9-14(2)25(23-13)17-6-3-15(4-7-17)11-24-12-22-19-8-5-16(21)10-18(19)20(24)26/h3-10,12H,11H2,1-2H3. The number of fused-ring (bicyclic) bond motifs is 1. The monoisotopic (exact) mass is 408 g/mol. The highest BCUT2D eigenvalue weighted by Gasteiger charge is 2.07. The molecule has 0 saturated heterocycles. The summed E-state index contributed by atoms with van der Waals surface area (Å²) in [4.78, 5) is 17.1. The van der Waals surface area contributed by atoms with Gasteiger partial charge in [-0.1, -0.05) is 28.1 Å². The van der Waals surface area contributed by atoms with Crippen molar-refractivity contribution >= 4 is 26.8 Å². The molecule has 0 radical (unpaired) electrons. The van der Waals surface area contributed by atoms with Gasteiger partial charge in [-0.05, 0) is 55.8 Å². The van der Waals surface area contributed by atoms with Gasteiger partial charge in [-0.2, -0.15) is 5.10 Å². The van der Waals surface area contributed by atoms with Gasteiger partial charge < -0.3 is 0 Å². The Morgan fingerprint density at radius 1 is 1.04 bits per heavy atom. The van der Waals surface area contributed by atoms with E-state index in [9.17, 15) is 4.79 Å². The normalized spacial score (nSPS) is 11.2. The van der Waals surface area contributed by atoms with Gasteiger partial charge in [0.2, 0.25) is 0 Å². The summed E-state index contributed by atoms with van der Waals surface area (Å²) in [5.74, 6) is 0. The minimum atomic E-state index is -0.0427. The molecule has 0 aliphatic rings. The fourth-order valence-corrected chi connectivity index (χ4v) is 3.43. The molecule has 0 aliphatic heterocycles. The molecule has 0 aliphatic carbocycles. The molecule has 6 heteroatoms. The van der Waals surface area contributed by atoms with Crippen LogP contribution in [-0.4, -0.2) is 19.3 Å². The molecule has 0 atom stereocenters. The Labute approximate surface area is 159 Å². The van der Waals surface area contributed by atoms with Gasteiger partial charge in [0.15, 0.2) is 0 Å². The van der Waals surface area contributed by atoms with Crippen LogP contribution in [0.1, 0.15) is 17.0 Å². The van der Waals surface area contributed by atoms with E-state index in [-0.39, 0.29) is 5.56 Å². The molecule has 0 unspecified atom stereocenters. The van der Waals surface area contributed by atoms with Crippen LogP contribution in [0.4, 0.5) is 0 Å². The van der Waals surface area contributed by atoms with E-state index in [2.05, 4.69) is 26.0 Å². The third kappa shape index (κ3) is 3.08. The third-order valence-electron chi connectivity index (χ3n) is 4.33. The molecule has 0 N–H and O–H groups in total. The van der Waals surface area contributed by atoms with Crippen LogP contribution in [0.25, 0.3) is 16.6 Å². The van der Waals surface area contributed by atoms with Gasteiger partial charge in [0.25, 0.3) is 5.56 Å². The molecule has 0 spiro atoms. The Balaban J connectivity index is 1.65. The predicted molar refractivity (Wildman–Crippen MR) is 106 cm³/mol. The van der Waals surface area contributed by atoms with Crippen molar-refractivity contribution in [2.24, 2.45) is 0 Å². The van der Waals surface area contributed by atoms with Crippen LogP contribution < -0.4 is 5.56 Å². The Kier molecular flexibility index (Phi) is 4.20. The molecule has 0 fully saturated rings. The zero-order chi connectivity index (χ0) is 18.3. The van der Waals surface area contributed by atoms with Crippen molar-refractivity contribution in [1.29, 1.82) is 0 Å². The van der Waals surface area contributed by atoms with Crippen LogP contribution >= 0.6 is 15.9 Å². The van der Waals surface area contributed by atoms with Crippen molar-refractivity contribution in [3.63, 3.8) is 0 Å². The number of hydrogen-bond donors (Lipinski definition) is 0. The lowest BCUT2D eigenvalue weighted by molar-refractivity contribution is 0.747. The van der Waals surface area contributed by atoms with Crippen molar-refractivity contribution in [2.45, 2.75) is 20.4 Å². The molecule has 26 heavy (non-hydrogen) atoms. The first-order chi connectivity index (χ1) is 12.5. The highest BCUT2D eigenvalue weighted by atomic mass is 79.9. The van der Waals surface area contributed by atoms with Crippen LogP contribution in [-0.2, 0) is 6.54 Å². The van der Waals surface area contributed by atoms with Gasteiger partial charge in [0.05, 0.1) is 35.2 Å². The van der Waals surface area contributed by atoms with Gasteiger partial charge >= 0.3 is 0 Å². The second-order valence-electron chi connectivity index (χ2n) is 6.34. The molecule has 5 nitrogen and oxygen atoms in total. The van der Waals surface area contributed by atoms with Gasteiger partial charge in [-0.3, -0.25) is 9.36 Å². The predicted octanol–water partition coefficient (Wildman–Crippen LogP) is 4.01. The summed E-state index contributed by atoms with van der Waals surface area (Å²) in [5.41, 5.74) is 4.79. The summed E-state index contributed by atoms with van der Waals surface area (Å²) in [6.45, 7) is 4.49. The lowest BCUT2D eigenvalue weighted by Gasteiger charge is -2.09. The number of rotatable bonds is 3. The summed E-state index contributed by atoms with van der Waals surface area (Å²) in [6, 6.07) is 15.7. The number of aromatic nitrogens is 4. The van der Waals surface area contributed by atoms with Gasteiger partial charge in [-0.25, -0.2) is 9.67 Å². The molecule has 4 aromatic rings. The fraction of sp³-hybridized carbons (Fsp3) is 0.150. The molecule has 2 heterocycles. The molecule has 0 amide bonds. The highest BCUT2D eigenvalue weighted by Crippen LogP contribution is 2.16. The van der Waals surface area contributed by atoms with Crippen molar-refractivity contribution in [3.8, 4) is 5.69 Å². The lowest BCUT2D eigenvalue weighted by atomic mass is 10.2. The molecular formula is C20H17BrN4O. The van der Waals surface area contributed by atoms with E-state index in [4.69, 9.17) is 0 Å². The molecule has 0 saturated carbocycles. The third-order valence-corrected chi connectivity index (χ3v) is 4.82. The number of aryl methyl sites for hydroxylation is 2. The molecular weight excluding hydrogens is 392 g/mol. The van der Waals surface area contributed by atoms with Crippen molar-refractivity contribution in [1.82, 2.24) is 19.3 Å². The van der Waals surface area contributed by atoms with Gasteiger partial charge in [0.1, 0.15) is 0 Å². The highest BCUT2D eigenvalue weighted by molar-refractivity contribution is 9.10. The van der Waals surface area contributed by atoms with E-state index in [0.29, 0.717) is 17.4 Å². The van der Waals surface area contributed by atoms with Crippen LogP contribution in [0.2, 0.25) is 0 Å². The van der Waals surface area contributed by atoms with Gasteiger partial charge in [0, 0.05) is 10.2 Å². The number of hydrogen-bond acceptors (Lipinski definition) is 3. The van der Waals surface area contributed by atoms with Crippen LogP contribution in [0.3, 0.4) is 0 Å². The second-order valence-corrected chi connectivity index (χ2v) is 7.26. The number of nitrogens with zero attached hydrogens (tertiary/aromatic N) is 4. The molecule has 4 rings (SSSR count). The van der Waals surface area contributed by atoms with Crippen LogP contribution in [0, 0.1) is 13.8 Å². The van der Waals surface area contributed by atoms with E-state index in [1.165, 1.54) is 0 Å². The van der Waals surface area contributed by atoms with E-state index < -0.39 is 0 Å². The molecule has 130 valence electrons. The van der Waals surface area contributed by atoms with Crippen LogP contribution in [0.15, 0.2) is 64.1 Å². The number of halogens is 1. The quantitative estimate of drug-likeness (QED) is 0.514. The van der Waals surface area contributed by atoms with E-state index in [0.717, 1.165) is 27.1 Å². The average Bonchev–Trinajstić information content (AvgIpc) is 2.97. The maximum Gasteiger partial charge on any atom is 0.261 e. The molecule has 2 aromatic carbocycles. The summed E-state index contributed by atoms with van der Waals surface area (Å²) in [7, 11) is 0. The summed E-state index contributed by atoms with van der Waals surface area (Å²) in [6.07, 6.45) is 1.60. The Morgan fingerprint density at radius 3 is 2.50 bits per heavy atom. The Hall–Kier alpha value is -2.73. The first-order valence-corrected chi connectivity index (χ1v) is 9.08. The maximum absolute atomic E-state index is 12.7. The summed E-state index contributed by atoms with van der Waals surface area (Å²) < 4.78 is 4.42. The van der Waals surface area contributed by atoms with Crippen LogP contribution in [0.5, 0.6) is 0 Å². The Morgan fingerprint density at radius 2 is 1.81 bits per heavy atom. The van der Waals surface area contributed by atoms with Crippen molar-refractivity contribution in [3.05, 3.63) is 86.6 Å². The Bertz CT molecular complexity index is 1160. The second kappa shape index (κ2) is 6.53. The SMILES string of the molecule is Cc1cc(C)n(-c2ccc(Cn3cnc4ccc(Br)cc4c3=O)cc2)n1. The minimum Gasteiger partial charge on any atom is -0.294 e. The van der Waals surface area contributed by atoms with Gasteiger partial charge in [-0.15, -0.1) is 0 Å². The van der Waals surface area contributed by atoms with E-state index >= 15 is 0 Å². The summed E-state index contributed by atoms with van der Waals surface area (Å²) >= 11 is 3.41. The zero-order valence-electron chi connectivity index (χ0n) is 14.5. The minimum absolute atomic E-state index is 0.0427. The topological polar surface area (TPSA) is 52.7 Å². The zero-order valence-corrected chi connectivity index (χ0v) is 16.1. The van der Waals surface area contributed by atoms with Crippen molar-refractivity contribution in [2.75, 3.05) is 0 Å². The smallest absolute Gasteiger partial charge is 0.261 e. The lowest BCUT2D eigenvalue weighted by Crippen LogP contribution is -2.21.